The van der Waals surface area contributed by atoms with Crippen molar-refractivity contribution in [2.24, 2.45) is 5.73 Å². The molecule has 5 N–H and O–H groups in total. The number of aromatic nitrogens is 2. The predicted molar refractivity (Wildman–Crippen MR) is 103 cm³/mol. The highest BCUT2D eigenvalue weighted by molar-refractivity contribution is 7.13. The molecular weight excluding hydrogens is 332 g/mol. The number of thiazole rings is 1. The first-order valence-electron chi connectivity index (χ1n) is 7.61. The SMILES string of the molecule is C=C/C(c1cc(-c2nc(C)cs2)nc(N)c1O)=c1/cccc/c1=C/N. The molecule has 3 aromatic rings. The van der Waals surface area contributed by atoms with Crippen molar-refractivity contribution in [3.05, 3.63) is 70.1 Å². The van der Waals surface area contributed by atoms with Gasteiger partial charge < -0.3 is 16.6 Å². The van der Waals surface area contributed by atoms with Crippen molar-refractivity contribution in [2.45, 2.75) is 6.92 Å². The van der Waals surface area contributed by atoms with Crippen LogP contribution in [0, 0.1) is 6.92 Å². The van der Waals surface area contributed by atoms with Gasteiger partial charge in [0.15, 0.2) is 11.6 Å². The number of benzene rings is 1. The molecule has 0 saturated carbocycles. The van der Waals surface area contributed by atoms with Crippen LogP contribution in [0.4, 0.5) is 5.82 Å². The van der Waals surface area contributed by atoms with Crippen molar-refractivity contribution in [1.82, 2.24) is 9.97 Å². The van der Waals surface area contributed by atoms with E-state index in [1.165, 1.54) is 17.5 Å². The monoisotopic (exact) mass is 350 g/mol. The molecule has 0 unspecified atom stereocenters. The Morgan fingerprint density at radius 3 is 2.68 bits per heavy atom. The molecule has 3 rings (SSSR count). The summed E-state index contributed by atoms with van der Waals surface area (Å²) in [4.78, 5) is 8.71. The number of aryl methyl sites for hydroxylation is 1. The molecule has 0 saturated heterocycles. The van der Waals surface area contributed by atoms with Crippen LogP contribution in [0.1, 0.15) is 11.3 Å². The van der Waals surface area contributed by atoms with Gasteiger partial charge in [0, 0.05) is 22.8 Å². The van der Waals surface area contributed by atoms with Crippen molar-refractivity contribution < 1.29 is 5.11 Å². The Morgan fingerprint density at radius 2 is 2.04 bits per heavy atom. The number of hydrogen-bond donors (Lipinski definition) is 3. The molecule has 2 heterocycles. The lowest BCUT2D eigenvalue weighted by Gasteiger charge is -2.10. The molecule has 0 atom stereocenters. The lowest BCUT2D eigenvalue weighted by Crippen LogP contribution is -2.27. The maximum atomic E-state index is 10.5. The molecule has 0 radical (unpaired) electrons. The van der Waals surface area contributed by atoms with Gasteiger partial charge in [-0.25, -0.2) is 9.97 Å². The van der Waals surface area contributed by atoms with E-state index in [1.807, 2.05) is 36.6 Å². The third-order valence-electron chi connectivity index (χ3n) is 3.78. The van der Waals surface area contributed by atoms with Gasteiger partial charge in [-0.3, -0.25) is 0 Å². The fraction of sp³-hybridized carbons (Fsp3) is 0.0526. The van der Waals surface area contributed by atoms with E-state index in [9.17, 15) is 5.11 Å². The Morgan fingerprint density at radius 1 is 1.28 bits per heavy atom. The zero-order valence-electron chi connectivity index (χ0n) is 13.7. The molecule has 126 valence electrons. The highest BCUT2D eigenvalue weighted by Gasteiger charge is 2.15. The molecule has 0 aliphatic rings. The third-order valence-corrected chi connectivity index (χ3v) is 4.77. The number of pyridine rings is 1. The van der Waals surface area contributed by atoms with Gasteiger partial charge in [-0.15, -0.1) is 11.3 Å². The number of nitrogens with zero attached hydrogens (tertiary/aromatic N) is 2. The fourth-order valence-electron chi connectivity index (χ4n) is 2.60. The van der Waals surface area contributed by atoms with Crippen molar-refractivity contribution in [3.8, 4) is 16.5 Å². The molecule has 0 spiro atoms. The molecule has 5 nitrogen and oxygen atoms in total. The molecule has 0 amide bonds. The quantitative estimate of drug-likeness (QED) is 0.670. The molecule has 2 aromatic heterocycles. The predicted octanol–water partition coefficient (Wildman–Crippen LogP) is 1.88. The summed E-state index contributed by atoms with van der Waals surface area (Å²) in [5, 5.41) is 14.9. The van der Waals surface area contributed by atoms with Gasteiger partial charge in [0.05, 0.1) is 0 Å². The number of aromatic hydroxyl groups is 1. The largest absolute Gasteiger partial charge is 0.504 e. The number of allylic oxidation sites excluding steroid dienone is 1. The summed E-state index contributed by atoms with van der Waals surface area (Å²) in [7, 11) is 0. The van der Waals surface area contributed by atoms with E-state index in [0.717, 1.165) is 26.7 Å². The molecule has 1 aromatic carbocycles. The number of rotatable bonds is 3. The first kappa shape index (κ1) is 16.7. The number of nitrogens with two attached hydrogens (primary N) is 2. The summed E-state index contributed by atoms with van der Waals surface area (Å²) < 4.78 is 0. The number of nitrogen functional groups attached to an aromatic ring is 1. The highest BCUT2D eigenvalue weighted by Crippen LogP contribution is 2.33. The van der Waals surface area contributed by atoms with Gasteiger partial charge >= 0.3 is 0 Å². The van der Waals surface area contributed by atoms with Crippen LogP contribution in [0.3, 0.4) is 0 Å². The summed E-state index contributed by atoms with van der Waals surface area (Å²) in [5.74, 6) is -0.0346. The van der Waals surface area contributed by atoms with Crippen LogP contribution >= 0.6 is 11.3 Å². The molecule has 6 heteroatoms. The Hall–Kier alpha value is -3.12. The number of anilines is 1. The third kappa shape index (κ3) is 3.12. The molecule has 25 heavy (non-hydrogen) atoms. The average Bonchev–Trinajstić information content (AvgIpc) is 3.06. The normalized spacial score (nSPS) is 12.9. The second-order valence-electron chi connectivity index (χ2n) is 5.45. The van der Waals surface area contributed by atoms with E-state index in [-0.39, 0.29) is 11.6 Å². The van der Waals surface area contributed by atoms with Crippen molar-refractivity contribution in [3.63, 3.8) is 0 Å². The summed E-state index contributed by atoms with van der Waals surface area (Å²) in [6.07, 6.45) is 3.19. The first-order chi connectivity index (χ1) is 12.0. The average molecular weight is 350 g/mol. The van der Waals surface area contributed by atoms with Crippen LogP contribution in [0.15, 0.2) is 48.4 Å². The van der Waals surface area contributed by atoms with Gasteiger partial charge in [0.25, 0.3) is 0 Å². The maximum Gasteiger partial charge on any atom is 0.167 e. The summed E-state index contributed by atoms with van der Waals surface area (Å²) in [5.41, 5.74) is 14.5. The van der Waals surface area contributed by atoms with Gasteiger partial charge in [-0.1, -0.05) is 36.9 Å². The maximum absolute atomic E-state index is 10.5. The van der Waals surface area contributed by atoms with E-state index in [2.05, 4.69) is 16.5 Å². The minimum absolute atomic E-state index is 0.0499. The minimum atomic E-state index is -0.0845. The van der Waals surface area contributed by atoms with Gasteiger partial charge in [-0.2, -0.15) is 0 Å². The van der Waals surface area contributed by atoms with Crippen LogP contribution in [0.5, 0.6) is 5.75 Å². The Labute approximate surface area is 149 Å². The van der Waals surface area contributed by atoms with E-state index in [4.69, 9.17) is 11.5 Å². The summed E-state index contributed by atoms with van der Waals surface area (Å²) in [6, 6.07) is 9.38. The zero-order chi connectivity index (χ0) is 18.0. The Bertz CT molecular complexity index is 1070. The smallest absolute Gasteiger partial charge is 0.167 e. The fourth-order valence-corrected chi connectivity index (χ4v) is 3.35. The van der Waals surface area contributed by atoms with E-state index in [0.29, 0.717) is 11.3 Å². The zero-order valence-corrected chi connectivity index (χ0v) is 14.5. The van der Waals surface area contributed by atoms with Crippen molar-refractivity contribution in [2.75, 3.05) is 5.73 Å². The topological polar surface area (TPSA) is 98.0 Å². The lowest BCUT2D eigenvalue weighted by molar-refractivity contribution is 0.474. The molecular formula is C19H18N4OS. The van der Waals surface area contributed by atoms with Gasteiger partial charge in [-0.05, 0) is 29.0 Å². The second kappa shape index (κ2) is 6.78. The van der Waals surface area contributed by atoms with Gasteiger partial charge in [0.1, 0.15) is 10.7 Å². The standard InChI is InChI=1S/C19H18N4OS/c1-3-13(14-7-5-4-6-12(14)9-20)15-8-16(23-18(21)17(15)24)19-22-11(2)10-25-19/h3-10,24H,1,20H2,2H3,(H2,21,23)/b12-9-,14-13+. The molecule has 0 fully saturated rings. The van der Waals surface area contributed by atoms with Crippen LogP contribution < -0.4 is 21.9 Å². The highest BCUT2D eigenvalue weighted by atomic mass is 32.1. The Balaban J connectivity index is 2.36. The first-order valence-corrected chi connectivity index (χ1v) is 8.49. The number of hydrogen-bond acceptors (Lipinski definition) is 6. The van der Waals surface area contributed by atoms with Crippen LogP contribution in [0.2, 0.25) is 0 Å². The van der Waals surface area contributed by atoms with Gasteiger partial charge in [0.2, 0.25) is 0 Å². The molecule has 0 aliphatic carbocycles. The van der Waals surface area contributed by atoms with E-state index < -0.39 is 0 Å². The Kier molecular flexibility index (Phi) is 4.54. The summed E-state index contributed by atoms with van der Waals surface area (Å²) in [6.45, 7) is 5.81. The lowest BCUT2D eigenvalue weighted by atomic mass is 10.0. The summed E-state index contributed by atoms with van der Waals surface area (Å²) >= 11 is 1.48. The molecule has 0 aliphatic heterocycles. The van der Waals surface area contributed by atoms with Crippen LogP contribution in [-0.2, 0) is 0 Å². The van der Waals surface area contributed by atoms with E-state index in [1.54, 1.807) is 12.1 Å². The van der Waals surface area contributed by atoms with Crippen LogP contribution in [0.25, 0.3) is 22.5 Å². The minimum Gasteiger partial charge on any atom is -0.504 e. The van der Waals surface area contributed by atoms with E-state index >= 15 is 0 Å². The van der Waals surface area contributed by atoms with Crippen molar-refractivity contribution in [1.29, 1.82) is 0 Å². The van der Waals surface area contributed by atoms with Crippen LogP contribution in [-0.4, -0.2) is 15.1 Å². The second-order valence-corrected chi connectivity index (χ2v) is 6.31. The molecule has 0 bridgehead atoms. The van der Waals surface area contributed by atoms with Crippen molar-refractivity contribution >= 4 is 28.9 Å².